The minimum atomic E-state index is -4.80. The van der Waals surface area contributed by atoms with E-state index in [-0.39, 0.29) is 5.69 Å². The minimum absolute atomic E-state index is 0.0709. The number of alkyl halides is 3. The Labute approximate surface area is 111 Å². The van der Waals surface area contributed by atoms with Crippen LogP contribution in [0.25, 0.3) is 0 Å². The summed E-state index contributed by atoms with van der Waals surface area (Å²) in [4.78, 5) is 9.55. The maximum atomic E-state index is 12.8. The second kappa shape index (κ2) is 4.83. The van der Waals surface area contributed by atoms with Crippen molar-refractivity contribution < 1.29 is 18.1 Å². The first kappa shape index (κ1) is 13.8. The molecule has 0 atom stereocenters. The van der Waals surface area contributed by atoms with E-state index in [4.69, 9.17) is 0 Å². The zero-order chi connectivity index (χ0) is 14.9. The number of hydrogen-bond acceptors (Lipinski definition) is 4. The van der Waals surface area contributed by atoms with Crippen LogP contribution in [-0.2, 0) is 13.2 Å². The fraction of sp³-hybridized carbons (Fsp3) is 0.182. The predicted molar refractivity (Wildman–Crippen MR) is 64.6 cm³/mol. The zero-order valence-corrected chi connectivity index (χ0v) is 10.2. The van der Waals surface area contributed by atoms with E-state index in [2.05, 4.69) is 10.4 Å². The molecule has 2 rings (SSSR count). The number of nitro groups is 1. The Balaban J connectivity index is 2.39. The van der Waals surface area contributed by atoms with Gasteiger partial charge in [-0.15, -0.1) is 0 Å². The van der Waals surface area contributed by atoms with Crippen LogP contribution in [0.4, 0.5) is 30.4 Å². The van der Waals surface area contributed by atoms with Gasteiger partial charge in [-0.1, -0.05) is 0 Å². The van der Waals surface area contributed by atoms with Gasteiger partial charge in [0.15, 0.2) is 5.82 Å². The van der Waals surface area contributed by atoms with E-state index >= 15 is 0 Å². The SMILES string of the molecule is Cn1ccc(Nc2ccc([N+](=O)[O-])c(C(F)(F)F)c2)n1. The van der Waals surface area contributed by atoms with Gasteiger partial charge in [0, 0.05) is 31.1 Å². The molecule has 0 bridgehead atoms. The molecule has 0 fully saturated rings. The van der Waals surface area contributed by atoms with Gasteiger partial charge in [0.05, 0.1) is 4.92 Å². The van der Waals surface area contributed by atoms with Crippen LogP contribution in [0, 0.1) is 10.1 Å². The maximum Gasteiger partial charge on any atom is 0.423 e. The molecule has 0 aliphatic carbocycles. The third-order valence-corrected chi connectivity index (χ3v) is 2.48. The highest BCUT2D eigenvalue weighted by atomic mass is 19.4. The molecule has 2 aromatic rings. The molecule has 0 amide bonds. The molecular weight excluding hydrogens is 277 g/mol. The molecule has 1 N–H and O–H groups in total. The molecule has 0 aliphatic rings. The highest BCUT2D eigenvalue weighted by Crippen LogP contribution is 2.37. The molecule has 0 aliphatic heterocycles. The molecule has 0 saturated heterocycles. The molecule has 1 heterocycles. The molecule has 1 aromatic heterocycles. The van der Waals surface area contributed by atoms with E-state index in [1.54, 1.807) is 19.3 Å². The van der Waals surface area contributed by atoms with Gasteiger partial charge in [0.2, 0.25) is 0 Å². The summed E-state index contributed by atoms with van der Waals surface area (Å²) in [6.45, 7) is 0. The van der Waals surface area contributed by atoms with Gasteiger partial charge in [-0.3, -0.25) is 14.8 Å². The van der Waals surface area contributed by atoms with Crippen LogP contribution in [0.3, 0.4) is 0 Å². The fourth-order valence-corrected chi connectivity index (χ4v) is 1.63. The first-order valence-corrected chi connectivity index (χ1v) is 5.39. The zero-order valence-electron chi connectivity index (χ0n) is 10.2. The average molecular weight is 286 g/mol. The summed E-state index contributed by atoms with van der Waals surface area (Å²) in [5.41, 5.74) is -2.21. The molecule has 0 saturated carbocycles. The Hall–Kier alpha value is -2.58. The Bertz CT molecular complexity index is 651. The highest BCUT2D eigenvalue weighted by Gasteiger charge is 2.38. The molecule has 20 heavy (non-hydrogen) atoms. The van der Waals surface area contributed by atoms with E-state index in [1.165, 1.54) is 10.7 Å². The third-order valence-electron chi connectivity index (χ3n) is 2.48. The lowest BCUT2D eigenvalue weighted by molar-refractivity contribution is -0.388. The van der Waals surface area contributed by atoms with E-state index in [9.17, 15) is 23.3 Å². The summed E-state index contributed by atoms with van der Waals surface area (Å²) in [5, 5.41) is 17.2. The number of hydrogen-bond donors (Lipinski definition) is 1. The average Bonchev–Trinajstić information content (AvgIpc) is 2.73. The van der Waals surface area contributed by atoms with Crippen LogP contribution in [0.5, 0.6) is 0 Å². The molecule has 9 heteroatoms. The van der Waals surface area contributed by atoms with Crippen molar-refractivity contribution in [2.45, 2.75) is 6.18 Å². The summed E-state index contributed by atoms with van der Waals surface area (Å²) in [5.74, 6) is 0.342. The van der Waals surface area contributed by atoms with E-state index in [1.807, 2.05) is 0 Å². The van der Waals surface area contributed by atoms with Crippen molar-refractivity contribution in [1.29, 1.82) is 0 Å². The van der Waals surface area contributed by atoms with E-state index in [0.29, 0.717) is 11.9 Å². The molecule has 106 valence electrons. The van der Waals surface area contributed by atoms with Crippen LogP contribution in [0.1, 0.15) is 5.56 Å². The first-order valence-electron chi connectivity index (χ1n) is 5.39. The van der Waals surface area contributed by atoms with Crippen molar-refractivity contribution in [1.82, 2.24) is 9.78 Å². The lowest BCUT2D eigenvalue weighted by Crippen LogP contribution is -2.09. The van der Waals surface area contributed by atoms with E-state index in [0.717, 1.165) is 6.07 Å². The molecule has 1 aromatic carbocycles. The van der Waals surface area contributed by atoms with Crippen molar-refractivity contribution in [2.24, 2.45) is 7.05 Å². The van der Waals surface area contributed by atoms with Crippen molar-refractivity contribution >= 4 is 17.2 Å². The fourth-order valence-electron chi connectivity index (χ4n) is 1.63. The number of aryl methyl sites for hydroxylation is 1. The Morgan fingerprint density at radius 2 is 2.05 bits per heavy atom. The predicted octanol–water partition coefficient (Wildman–Crippen LogP) is 3.09. The van der Waals surface area contributed by atoms with Crippen molar-refractivity contribution in [3.05, 3.63) is 46.1 Å². The smallest absolute Gasteiger partial charge is 0.339 e. The van der Waals surface area contributed by atoms with Crippen LogP contribution in [-0.4, -0.2) is 14.7 Å². The quantitative estimate of drug-likeness (QED) is 0.695. The molecule has 0 radical (unpaired) electrons. The largest absolute Gasteiger partial charge is 0.423 e. The van der Waals surface area contributed by atoms with Crippen molar-refractivity contribution in [2.75, 3.05) is 5.32 Å². The van der Waals surface area contributed by atoms with Crippen LogP contribution in [0.15, 0.2) is 30.5 Å². The van der Waals surface area contributed by atoms with Gasteiger partial charge < -0.3 is 5.32 Å². The normalized spacial score (nSPS) is 11.4. The van der Waals surface area contributed by atoms with Gasteiger partial charge in [-0.05, 0) is 12.1 Å². The summed E-state index contributed by atoms with van der Waals surface area (Å²) < 4.78 is 39.8. The van der Waals surface area contributed by atoms with Gasteiger partial charge in [-0.2, -0.15) is 18.3 Å². The van der Waals surface area contributed by atoms with Gasteiger partial charge in [0.25, 0.3) is 5.69 Å². The number of rotatable bonds is 3. The second-order valence-corrected chi connectivity index (χ2v) is 3.99. The summed E-state index contributed by atoms with van der Waals surface area (Å²) >= 11 is 0. The molecule has 0 spiro atoms. The number of nitrogens with one attached hydrogen (secondary N) is 1. The van der Waals surface area contributed by atoms with Gasteiger partial charge >= 0.3 is 6.18 Å². The number of nitrogens with zero attached hydrogens (tertiary/aromatic N) is 3. The van der Waals surface area contributed by atoms with Crippen LogP contribution < -0.4 is 5.32 Å². The Kier molecular flexibility index (Phi) is 3.35. The van der Waals surface area contributed by atoms with Gasteiger partial charge in [-0.25, -0.2) is 0 Å². The highest BCUT2D eigenvalue weighted by molar-refractivity contribution is 5.61. The van der Waals surface area contributed by atoms with Crippen molar-refractivity contribution in [3.63, 3.8) is 0 Å². The lowest BCUT2D eigenvalue weighted by Gasteiger charge is -2.10. The summed E-state index contributed by atoms with van der Waals surface area (Å²) in [7, 11) is 1.65. The first-order chi connectivity index (χ1) is 9.27. The number of nitro benzene ring substituents is 1. The second-order valence-electron chi connectivity index (χ2n) is 3.99. The summed E-state index contributed by atoms with van der Waals surface area (Å²) in [6, 6.07) is 4.26. The monoisotopic (exact) mass is 286 g/mol. The topological polar surface area (TPSA) is 73.0 Å². The van der Waals surface area contributed by atoms with Gasteiger partial charge in [0.1, 0.15) is 5.56 Å². The van der Waals surface area contributed by atoms with E-state index < -0.39 is 22.4 Å². The Morgan fingerprint density at radius 1 is 1.35 bits per heavy atom. The van der Waals surface area contributed by atoms with Crippen LogP contribution >= 0.6 is 0 Å². The minimum Gasteiger partial charge on any atom is -0.339 e. The number of halogens is 3. The maximum absolute atomic E-state index is 12.8. The number of benzene rings is 1. The van der Waals surface area contributed by atoms with Crippen molar-refractivity contribution in [3.8, 4) is 0 Å². The van der Waals surface area contributed by atoms with Crippen LogP contribution in [0.2, 0.25) is 0 Å². The Morgan fingerprint density at radius 3 is 2.55 bits per heavy atom. The molecule has 0 unspecified atom stereocenters. The standard InChI is InChI=1S/C11H9F3N4O2/c1-17-5-4-10(16-17)15-7-2-3-9(18(19)20)8(6-7)11(12,13)14/h2-6H,1H3,(H,15,16). The third kappa shape index (κ3) is 2.87. The lowest BCUT2D eigenvalue weighted by atomic mass is 10.1. The molecular formula is C11H9F3N4O2. The number of anilines is 2. The summed E-state index contributed by atoms with van der Waals surface area (Å²) in [6.07, 6.45) is -3.19. The number of aromatic nitrogens is 2. The molecule has 6 nitrogen and oxygen atoms in total.